The Bertz CT molecular complexity index is 475. The van der Waals surface area contributed by atoms with Crippen molar-refractivity contribution in [2.24, 2.45) is 5.41 Å². The first-order valence-electron chi connectivity index (χ1n) is 6.11. The zero-order valence-electron chi connectivity index (χ0n) is 9.75. The van der Waals surface area contributed by atoms with Crippen LogP contribution in [0.1, 0.15) is 31.2 Å². The molecule has 1 aliphatic heterocycles. The van der Waals surface area contributed by atoms with Gasteiger partial charge in [-0.15, -0.1) is 6.42 Å². The lowest BCUT2D eigenvalue weighted by Crippen LogP contribution is -2.35. The molecule has 2 aliphatic rings. The fraction of sp³-hybridized carbons (Fsp3) is 0.500. The number of pyridine rings is 1. The van der Waals surface area contributed by atoms with Crippen molar-refractivity contribution in [1.82, 2.24) is 4.98 Å². The van der Waals surface area contributed by atoms with Crippen LogP contribution in [0.5, 0.6) is 0 Å². The molecule has 0 radical (unpaired) electrons. The van der Waals surface area contributed by atoms with Crippen LogP contribution in [0, 0.1) is 17.8 Å². The van der Waals surface area contributed by atoms with Gasteiger partial charge in [0.15, 0.2) is 0 Å². The highest BCUT2D eigenvalue weighted by molar-refractivity contribution is 9.10. The second kappa shape index (κ2) is 4.03. The summed E-state index contributed by atoms with van der Waals surface area (Å²) in [4.78, 5) is 6.87. The van der Waals surface area contributed by atoms with Crippen LogP contribution in [0.2, 0.25) is 0 Å². The number of nitrogens with zero attached hydrogens (tertiary/aromatic N) is 2. The molecule has 0 N–H and O–H groups in total. The number of aromatic nitrogens is 1. The molecule has 0 bridgehead atoms. The fourth-order valence-corrected chi connectivity index (χ4v) is 2.95. The molecule has 0 amide bonds. The normalized spacial score (nSPS) is 21.3. The maximum Gasteiger partial charge on any atom is 0.145 e. The first-order chi connectivity index (χ1) is 8.22. The van der Waals surface area contributed by atoms with Crippen molar-refractivity contribution in [3.8, 4) is 12.3 Å². The first kappa shape index (κ1) is 11.1. The zero-order chi connectivity index (χ0) is 11.9. The predicted octanol–water partition coefficient (Wildman–Crippen LogP) is 3.21. The summed E-state index contributed by atoms with van der Waals surface area (Å²) in [6, 6.07) is 3.87. The monoisotopic (exact) mass is 290 g/mol. The molecule has 0 atom stereocenters. The Labute approximate surface area is 111 Å². The third-order valence-electron chi connectivity index (χ3n) is 4.08. The molecule has 3 rings (SSSR count). The molecule has 1 aromatic rings. The van der Waals surface area contributed by atoms with E-state index in [4.69, 9.17) is 6.42 Å². The number of hydrogen-bond acceptors (Lipinski definition) is 2. The average Bonchev–Trinajstić information content (AvgIpc) is 3.10. The van der Waals surface area contributed by atoms with Gasteiger partial charge in [-0.05, 0) is 59.2 Å². The standard InChI is InChI=1S/C14H15BrN2/c1-2-11-3-4-12(15)16-13(11)17-9-7-14(5-6-14)8-10-17/h1,3-4H,5-10H2. The van der Waals surface area contributed by atoms with Gasteiger partial charge < -0.3 is 4.90 Å². The molecule has 1 spiro atoms. The minimum atomic E-state index is 0.693. The summed E-state index contributed by atoms with van der Waals surface area (Å²) in [5, 5.41) is 0. The van der Waals surface area contributed by atoms with E-state index < -0.39 is 0 Å². The summed E-state index contributed by atoms with van der Waals surface area (Å²) in [7, 11) is 0. The molecule has 1 aliphatic carbocycles. The Balaban J connectivity index is 1.84. The molecule has 0 unspecified atom stereocenters. The quantitative estimate of drug-likeness (QED) is 0.583. The van der Waals surface area contributed by atoms with Crippen molar-refractivity contribution in [2.45, 2.75) is 25.7 Å². The number of halogens is 1. The van der Waals surface area contributed by atoms with Crippen LogP contribution in [0.15, 0.2) is 16.7 Å². The Kier molecular flexibility index (Phi) is 2.63. The molecule has 1 saturated heterocycles. The van der Waals surface area contributed by atoms with Crippen LogP contribution >= 0.6 is 15.9 Å². The molecule has 17 heavy (non-hydrogen) atoms. The van der Waals surface area contributed by atoms with Gasteiger partial charge in [0, 0.05) is 13.1 Å². The van der Waals surface area contributed by atoms with Crippen LogP contribution in [-0.2, 0) is 0 Å². The van der Waals surface area contributed by atoms with E-state index in [9.17, 15) is 0 Å². The van der Waals surface area contributed by atoms with Gasteiger partial charge in [0.25, 0.3) is 0 Å². The van der Waals surface area contributed by atoms with E-state index in [1.54, 1.807) is 0 Å². The van der Waals surface area contributed by atoms with Crippen LogP contribution in [0.25, 0.3) is 0 Å². The lowest BCUT2D eigenvalue weighted by Gasteiger charge is -2.33. The third-order valence-corrected chi connectivity index (χ3v) is 4.52. The Hall–Kier alpha value is -1.01. The summed E-state index contributed by atoms with van der Waals surface area (Å²) in [5.41, 5.74) is 1.60. The van der Waals surface area contributed by atoms with Crippen molar-refractivity contribution < 1.29 is 0 Å². The van der Waals surface area contributed by atoms with E-state index in [2.05, 4.69) is 31.7 Å². The van der Waals surface area contributed by atoms with Crippen molar-refractivity contribution >= 4 is 21.7 Å². The van der Waals surface area contributed by atoms with E-state index in [-0.39, 0.29) is 0 Å². The van der Waals surface area contributed by atoms with Gasteiger partial charge in [-0.2, -0.15) is 0 Å². The van der Waals surface area contributed by atoms with Gasteiger partial charge in [0.1, 0.15) is 10.4 Å². The topological polar surface area (TPSA) is 16.1 Å². The largest absolute Gasteiger partial charge is 0.356 e. The van der Waals surface area contributed by atoms with Crippen molar-refractivity contribution in [2.75, 3.05) is 18.0 Å². The fourth-order valence-electron chi connectivity index (χ4n) is 2.65. The highest BCUT2D eigenvalue weighted by Crippen LogP contribution is 2.53. The van der Waals surface area contributed by atoms with E-state index in [0.29, 0.717) is 5.41 Å². The SMILES string of the molecule is C#Cc1ccc(Br)nc1N1CCC2(CC1)CC2. The van der Waals surface area contributed by atoms with Gasteiger partial charge in [0.2, 0.25) is 0 Å². The molecule has 88 valence electrons. The second-order valence-corrected chi connectivity index (χ2v) is 5.95. The van der Waals surface area contributed by atoms with Crippen molar-refractivity contribution in [3.63, 3.8) is 0 Å². The molecule has 2 heterocycles. The number of hydrogen-bond donors (Lipinski definition) is 0. The second-order valence-electron chi connectivity index (χ2n) is 5.14. The summed E-state index contributed by atoms with van der Waals surface area (Å²) in [6.07, 6.45) is 11.0. The van der Waals surface area contributed by atoms with Crippen LogP contribution < -0.4 is 4.90 Å². The maximum absolute atomic E-state index is 5.54. The molecule has 1 saturated carbocycles. The number of rotatable bonds is 1. The molecule has 2 fully saturated rings. The summed E-state index contributed by atoms with van der Waals surface area (Å²) in [5.74, 6) is 3.70. The Morgan fingerprint density at radius 2 is 1.94 bits per heavy atom. The van der Waals surface area contributed by atoms with Crippen molar-refractivity contribution in [1.29, 1.82) is 0 Å². The van der Waals surface area contributed by atoms with Crippen LogP contribution in [0.3, 0.4) is 0 Å². The molecular weight excluding hydrogens is 276 g/mol. The molecular formula is C14H15BrN2. The molecule has 1 aromatic heterocycles. The molecule has 2 nitrogen and oxygen atoms in total. The summed E-state index contributed by atoms with van der Waals surface area (Å²) in [6.45, 7) is 2.19. The van der Waals surface area contributed by atoms with Gasteiger partial charge in [-0.3, -0.25) is 0 Å². The van der Waals surface area contributed by atoms with E-state index in [1.807, 2.05) is 12.1 Å². The van der Waals surface area contributed by atoms with E-state index in [0.717, 1.165) is 29.1 Å². The first-order valence-corrected chi connectivity index (χ1v) is 6.90. The van der Waals surface area contributed by atoms with Gasteiger partial charge in [-0.25, -0.2) is 4.98 Å². The number of piperidine rings is 1. The van der Waals surface area contributed by atoms with Gasteiger partial charge >= 0.3 is 0 Å². The summed E-state index contributed by atoms with van der Waals surface area (Å²) < 4.78 is 0.859. The highest BCUT2D eigenvalue weighted by Gasteiger charge is 2.44. The molecule has 3 heteroatoms. The maximum atomic E-state index is 5.54. The minimum absolute atomic E-state index is 0.693. The number of anilines is 1. The van der Waals surface area contributed by atoms with Gasteiger partial charge in [-0.1, -0.05) is 5.92 Å². The zero-order valence-corrected chi connectivity index (χ0v) is 11.3. The lowest BCUT2D eigenvalue weighted by molar-refractivity contribution is 0.383. The lowest BCUT2D eigenvalue weighted by atomic mass is 9.93. The van der Waals surface area contributed by atoms with Crippen LogP contribution in [-0.4, -0.2) is 18.1 Å². The Morgan fingerprint density at radius 1 is 1.24 bits per heavy atom. The highest BCUT2D eigenvalue weighted by atomic mass is 79.9. The Morgan fingerprint density at radius 3 is 2.53 bits per heavy atom. The third kappa shape index (κ3) is 2.07. The molecule has 0 aromatic carbocycles. The van der Waals surface area contributed by atoms with E-state index in [1.165, 1.54) is 25.7 Å². The van der Waals surface area contributed by atoms with Crippen molar-refractivity contribution in [3.05, 3.63) is 22.3 Å². The van der Waals surface area contributed by atoms with Gasteiger partial charge in [0.05, 0.1) is 5.56 Å². The average molecular weight is 291 g/mol. The van der Waals surface area contributed by atoms with E-state index >= 15 is 0 Å². The summed E-state index contributed by atoms with van der Waals surface area (Å²) >= 11 is 3.42. The van der Waals surface area contributed by atoms with Crippen LogP contribution in [0.4, 0.5) is 5.82 Å². The predicted molar refractivity (Wildman–Crippen MR) is 73.0 cm³/mol. The number of terminal acetylenes is 1. The minimum Gasteiger partial charge on any atom is -0.356 e. The smallest absolute Gasteiger partial charge is 0.145 e.